The van der Waals surface area contributed by atoms with E-state index >= 15 is 0 Å². The number of nitrogens with one attached hydrogen (secondary N) is 1. The molecule has 1 atom stereocenters. The van der Waals surface area contributed by atoms with Crippen LogP contribution in [-0.4, -0.2) is 37.2 Å². The lowest BCUT2D eigenvalue weighted by Crippen LogP contribution is -2.43. The maximum Gasteiger partial charge on any atom is 0.0998 e. The Bertz CT molecular complexity index is 331. The fraction of sp³-hybridized carbons (Fsp3) is 0.600. The number of hydrogen-bond acceptors (Lipinski definition) is 3. The van der Waals surface area contributed by atoms with Gasteiger partial charge in [0.15, 0.2) is 0 Å². The first-order valence-electron chi connectivity index (χ1n) is 7.11. The molecule has 0 aliphatic carbocycles. The second-order valence-electron chi connectivity index (χ2n) is 4.56. The molecule has 0 saturated heterocycles. The van der Waals surface area contributed by atoms with Crippen LogP contribution in [0.1, 0.15) is 26.7 Å². The van der Waals surface area contributed by atoms with Gasteiger partial charge in [0.1, 0.15) is 0 Å². The topological polar surface area (TPSA) is 18.5 Å². The van der Waals surface area contributed by atoms with Crippen LogP contribution >= 0.6 is 11.6 Å². The predicted octanol–water partition coefficient (Wildman–Crippen LogP) is 3.31. The normalized spacial score (nSPS) is 12.7. The highest BCUT2D eigenvalue weighted by atomic mass is 35.5. The first kappa shape index (κ1) is 16.3. The summed E-state index contributed by atoms with van der Waals surface area (Å²) >= 11 is 6.45. The zero-order chi connectivity index (χ0) is 14.1. The molecule has 0 aliphatic rings. The molecule has 1 aromatic rings. The Morgan fingerprint density at radius 3 is 2.37 bits per heavy atom. The SMILES string of the molecule is CCCN(NC)C(Cl)CCN(CC)c1ccccc1. The second-order valence-corrected chi connectivity index (χ2v) is 5.06. The summed E-state index contributed by atoms with van der Waals surface area (Å²) < 4.78 is 0. The number of nitrogens with zero attached hydrogens (tertiary/aromatic N) is 2. The molecular formula is C15H26ClN3. The smallest absolute Gasteiger partial charge is 0.0998 e. The third-order valence-electron chi connectivity index (χ3n) is 3.23. The van der Waals surface area contributed by atoms with Gasteiger partial charge in [-0.05, 0) is 38.9 Å². The van der Waals surface area contributed by atoms with Crippen LogP contribution in [-0.2, 0) is 0 Å². The fourth-order valence-electron chi connectivity index (χ4n) is 2.16. The summed E-state index contributed by atoms with van der Waals surface area (Å²) in [5, 5.41) is 2.10. The van der Waals surface area contributed by atoms with Crippen molar-refractivity contribution in [3.63, 3.8) is 0 Å². The Labute approximate surface area is 122 Å². The van der Waals surface area contributed by atoms with E-state index in [2.05, 4.69) is 53.4 Å². The first-order chi connectivity index (χ1) is 9.22. The van der Waals surface area contributed by atoms with Gasteiger partial charge in [-0.25, -0.2) is 5.01 Å². The van der Waals surface area contributed by atoms with Crippen LogP contribution in [0.4, 0.5) is 5.69 Å². The maximum atomic E-state index is 6.45. The summed E-state index contributed by atoms with van der Waals surface area (Å²) in [5.41, 5.74) is 4.46. The predicted molar refractivity (Wildman–Crippen MR) is 84.6 cm³/mol. The molecular weight excluding hydrogens is 258 g/mol. The van der Waals surface area contributed by atoms with Crippen molar-refractivity contribution in [3.8, 4) is 0 Å². The van der Waals surface area contributed by atoms with Gasteiger partial charge in [-0.15, -0.1) is 11.6 Å². The molecule has 3 nitrogen and oxygen atoms in total. The van der Waals surface area contributed by atoms with E-state index in [1.807, 2.05) is 13.1 Å². The van der Waals surface area contributed by atoms with E-state index < -0.39 is 0 Å². The average molecular weight is 284 g/mol. The first-order valence-corrected chi connectivity index (χ1v) is 7.54. The van der Waals surface area contributed by atoms with Crippen LogP contribution in [0.3, 0.4) is 0 Å². The zero-order valence-corrected chi connectivity index (χ0v) is 13.0. The summed E-state index contributed by atoms with van der Waals surface area (Å²) in [7, 11) is 1.93. The van der Waals surface area contributed by atoms with Crippen LogP contribution in [0.15, 0.2) is 30.3 Å². The molecule has 0 heterocycles. The summed E-state index contributed by atoms with van der Waals surface area (Å²) in [6.07, 6.45) is 2.03. The lowest BCUT2D eigenvalue weighted by atomic mass is 10.2. The summed E-state index contributed by atoms with van der Waals surface area (Å²) in [6.45, 7) is 7.29. The van der Waals surface area contributed by atoms with Crippen molar-refractivity contribution in [1.29, 1.82) is 0 Å². The molecule has 0 fully saturated rings. The van der Waals surface area contributed by atoms with E-state index in [1.54, 1.807) is 0 Å². The lowest BCUT2D eigenvalue weighted by molar-refractivity contribution is 0.181. The molecule has 0 aliphatic heterocycles. The molecule has 0 amide bonds. The Hall–Kier alpha value is -0.770. The van der Waals surface area contributed by atoms with Crippen molar-refractivity contribution in [2.24, 2.45) is 0 Å². The summed E-state index contributed by atoms with van der Waals surface area (Å²) in [5.74, 6) is 0. The molecule has 0 spiro atoms. The van der Waals surface area contributed by atoms with Gasteiger partial charge < -0.3 is 4.90 Å². The van der Waals surface area contributed by atoms with E-state index in [0.29, 0.717) is 0 Å². The number of alkyl halides is 1. The van der Waals surface area contributed by atoms with Crippen LogP contribution in [0.5, 0.6) is 0 Å². The number of benzene rings is 1. The van der Waals surface area contributed by atoms with Crippen molar-refractivity contribution in [2.45, 2.75) is 32.2 Å². The molecule has 108 valence electrons. The van der Waals surface area contributed by atoms with Crippen LogP contribution in [0, 0.1) is 0 Å². The van der Waals surface area contributed by atoms with Gasteiger partial charge in [-0.1, -0.05) is 25.1 Å². The van der Waals surface area contributed by atoms with Crippen molar-refractivity contribution in [3.05, 3.63) is 30.3 Å². The maximum absolute atomic E-state index is 6.45. The highest BCUT2D eigenvalue weighted by Crippen LogP contribution is 2.15. The van der Waals surface area contributed by atoms with Crippen molar-refractivity contribution >= 4 is 17.3 Å². The highest BCUT2D eigenvalue weighted by molar-refractivity contribution is 6.20. The van der Waals surface area contributed by atoms with E-state index in [4.69, 9.17) is 11.6 Å². The molecule has 4 heteroatoms. The second kappa shape index (κ2) is 9.18. The highest BCUT2D eigenvalue weighted by Gasteiger charge is 2.14. The standard InChI is InChI=1S/C15H26ClN3/c1-4-12-19(17-3)15(16)11-13-18(5-2)14-9-7-6-8-10-14/h6-10,15,17H,4-5,11-13H2,1-3H3. The van der Waals surface area contributed by atoms with E-state index in [9.17, 15) is 0 Å². The quantitative estimate of drug-likeness (QED) is 0.426. The minimum absolute atomic E-state index is 0.0303. The van der Waals surface area contributed by atoms with Crippen molar-refractivity contribution in [1.82, 2.24) is 10.4 Å². The van der Waals surface area contributed by atoms with Crippen LogP contribution in [0.25, 0.3) is 0 Å². The van der Waals surface area contributed by atoms with E-state index in [-0.39, 0.29) is 5.50 Å². The van der Waals surface area contributed by atoms with E-state index in [0.717, 1.165) is 32.5 Å². The van der Waals surface area contributed by atoms with Gasteiger partial charge in [0.05, 0.1) is 5.50 Å². The van der Waals surface area contributed by atoms with Gasteiger partial charge in [-0.2, -0.15) is 0 Å². The minimum Gasteiger partial charge on any atom is -0.372 e. The Balaban J connectivity index is 2.49. The van der Waals surface area contributed by atoms with Gasteiger partial charge >= 0.3 is 0 Å². The third kappa shape index (κ3) is 5.39. The van der Waals surface area contributed by atoms with Gasteiger partial charge in [0, 0.05) is 25.3 Å². The minimum atomic E-state index is 0.0303. The molecule has 1 N–H and O–H groups in total. The number of hydrazine groups is 1. The Morgan fingerprint density at radius 1 is 1.16 bits per heavy atom. The molecule has 0 aromatic heterocycles. The Kier molecular flexibility index (Phi) is 7.87. The molecule has 1 aromatic carbocycles. The summed E-state index contributed by atoms with van der Waals surface area (Å²) in [6, 6.07) is 10.5. The van der Waals surface area contributed by atoms with Crippen LogP contribution in [0.2, 0.25) is 0 Å². The fourth-order valence-corrected chi connectivity index (χ4v) is 2.45. The van der Waals surface area contributed by atoms with Crippen molar-refractivity contribution in [2.75, 3.05) is 31.6 Å². The Morgan fingerprint density at radius 2 is 1.84 bits per heavy atom. The van der Waals surface area contributed by atoms with Gasteiger partial charge in [0.25, 0.3) is 0 Å². The zero-order valence-electron chi connectivity index (χ0n) is 12.3. The molecule has 0 saturated carbocycles. The molecule has 0 bridgehead atoms. The van der Waals surface area contributed by atoms with Crippen LogP contribution < -0.4 is 10.3 Å². The number of rotatable bonds is 9. The number of halogens is 1. The number of para-hydroxylation sites is 1. The number of hydrogen-bond donors (Lipinski definition) is 1. The van der Waals surface area contributed by atoms with E-state index in [1.165, 1.54) is 5.69 Å². The summed E-state index contributed by atoms with van der Waals surface area (Å²) in [4.78, 5) is 2.36. The average Bonchev–Trinajstić information content (AvgIpc) is 2.46. The lowest BCUT2D eigenvalue weighted by Gasteiger charge is -2.29. The molecule has 0 radical (unpaired) electrons. The monoisotopic (exact) mass is 283 g/mol. The van der Waals surface area contributed by atoms with Gasteiger partial charge in [-0.3, -0.25) is 5.43 Å². The third-order valence-corrected chi connectivity index (χ3v) is 3.68. The number of anilines is 1. The molecule has 1 rings (SSSR count). The molecule has 19 heavy (non-hydrogen) atoms. The van der Waals surface area contributed by atoms with Gasteiger partial charge in [0.2, 0.25) is 0 Å². The largest absolute Gasteiger partial charge is 0.372 e. The molecule has 1 unspecified atom stereocenters. The van der Waals surface area contributed by atoms with Crippen molar-refractivity contribution < 1.29 is 0 Å².